The maximum atomic E-state index is 11.9. The van der Waals surface area contributed by atoms with E-state index in [9.17, 15) is 14.7 Å². The van der Waals surface area contributed by atoms with Crippen LogP contribution in [0, 0.1) is 0 Å². The molecule has 8 heteroatoms. The fourth-order valence-electron chi connectivity index (χ4n) is 3.58. The second-order valence-electron chi connectivity index (χ2n) is 7.67. The lowest BCUT2D eigenvalue weighted by Gasteiger charge is -2.12. The lowest BCUT2D eigenvalue weighted by molar-refractivity contribution is 0.0696. The van der Waals surface area contributed by atoms with Crippen LogP contribution in [0.1, 0.15) is 15.9 Å². The van der Waals surface area contributed by atoms with Gasteiger partial charge in [0.05, 0.1) is 30.3 Å². The zero-order valence-electron chi connectivity index (χ0n) is 18.2. The predicted molar refractivity (Wildman–Crippen MR) is 127 cm³/mol. The largest absolute Gasteiger partial charge is 0.508 e. The third-order valence-electron chi connectivity index (χ3n) is 5.26. The molecule has 1 fully saturated rings. The number of carboxylic acids is 1. The second kappa shape index (κ2) is 10.4. The number of hydrogen-bond acceptors (Lipinski definition) is 5. The molecule has 0 spiro atoms. The Labute approximate surface area is 196 Å². The summed E-state index contributed by atoms with van der Waals surface area (Å²) in [7, 11) is 0. The minimum absolute atomic E-state index is 0.140. The van der Waals surface area contributed by atoms with Crippen LogP contribution in [-0.2, 0) is 11.2 Å². The molecule has 0 aliphatic carbocycles. The topological polar surface area (TPSA) is 116 Å². The number of nitrogens with zero attached hydrogens (tertiary/aromatic N) is 2. The van der Waals surface area contributed by atoms with Crippen molar-refractivity contribution >= 4 is 17.7 Å². The summed E-state index contributed by atoms with van der Waals surface area (Å²) in [5, 5.41) is 18.1. The Morgan fingerprint density at radius 1 is 1.06 bits per heavy atom. The van der Waals surface area contributed by atoms with E-state index in [4.69, 9.17) is 9.84 Å². The van der Waals surface area contributed by atoms with E-state index >= 15 is 0 Å². The molecule has 1 atom stereocenters. The van der Waals surface area contributed by atoms with Gasteiger partial charge in [-0.3, -0.25) is 4.90 Å². The quantitative estimate of drug-likeness (QED) is 0.399. The van der Waals surface area contributed by atoms with Crippen LogP contribution in [0.4, 0.5) is 10.5 Å². The Hall–Kier alpha value is -4.59. The van der Waals surface area contributed by atoms with Crippen molar-refractivity contribution in [2.24, 2.45) is 0 Å². The number of benzene rings is 3. The Morgan fingerprint density at radius 2 is 1.82 bits per heavy atom. The summed E-state index contributed by atoms with van der Waals surface area (Å²) in [6, 6.07) is 23.2. The molecule has 0 saturated carbocycles. The average molecular weight is 457 g/mol. The van der Waals surface area contributed by atoms with Crippen molar-refractivity contribution in [2.75, 3.05) is 11.4 Å². The molecule has 3 N–H and O–H groups in total. The average Bonchev–Trinajstić information content (AvgIpc) is 3.51. The highest BCUT2D eigenvalue weighted by molar-refractivity contribution is 5.90. The Kier molecular flexibility index (Phi) is 6.88. The van der Waals surface area contributed by atoms with Crippen molar-refractivity contribution in [1.29, 1.82) is 0 Å². The molecule has 34 heavy (non-hydrogen) atoms. The first-order valence-corrected chi connectivity index (χ1v) is 10.6. The molecule has 1 aliphatic heterocycles. The number of amides is 1. The number of hydrogen-bond donors (Lipinski definition) is 3. The molecule has 1 amide bonds. The number of ether oxygens (including phenoxy) is 1. The summed E-state index contributed by atoms with van der Waals surface area (Å²) in [6.45, 7) is 0.526. The Bertz CT molecular complexity index is 1240. The molecule has 5 rings (SSSR count). The lowest BCUT2D eigenvalue weighted by Crippen LogP contribution is -2.24. The van der Waals surface area contributed by atoms with Crippen LogP contribution < -0.4 is 4.90 Å². The molecule has 2 heterocycles. The number of imidazole rings is 1. The lowest BCUT2D eigenvalue weighted by atomic mass is 10.1. The van der Waals surface area contributed by atoms with E-state index in [2.05, 4.69) is 9.97 Å². The highest BCUT2D eigenvalue weighted by Crippen LogP contribution is 2.25. The van der Waals surface area contributed by atoms with Gasteiger partial charge in [0.1, 0.15) is 11.9 Å². The molecule has 0 bridgehead atoms. The van der Waals surface area contributed by atoms with Crippen LogP contribution in [0.25, 0.3) is 11.3 Å². The van der Waals surface area contributed by atoms with Gasteiger partial charge in [-0.2, -0.15) is 0 Å². The number of phenolic OH excluding ortho intramolecular Hbond substituents is 1. The number of phenols is 1. The van der Waals surface area contributed by atoms with Crippen LogP contribution in [-0.4, -0.2) is 44.9 Å². The van der Waals surface area contributed by atoms with Crippen LogP contribution >= 0.6 is 0 Å². The van der Waals surface area contributed by atoms with Gasteiger partial charge in [-0.25, -0.2) is 14.6 Å². The van der Waals surface area contributed by atoms with Gasteiger partial charge in [-0.1, -0.05) is 42.5 Å². The number of anilines is 1. The zero-order valence-corrected chi connectivity index (χ0v) is 18.2. The molecule has 0 unspecified atom stereocenters. The summed E-state index contributed by atoms with van der Waals surface area (Å²) < 4.78 is 5.39. The Morgan fingerprint density at radius 3 is 2.50 bits per heavy atom. The summed E-state index contributed by atoms with van der Waals surface area (Å²) >= 11 is 0. The molecule has 1 aliphatic rings. The van der Waals surface area contributed by atoms with Gasteiger partial charge in [0.15, 0.2) is 0 Å². The second-order valence-corrected chi connectivity index (χ2v) is 7.67. The van der Waals surface area contributed by atoms with E-state index in [0.717, 1.165) is 22.5 Å². The number of carboxylic acid groups (broad SMARTS) is 1. The number of cyclic esters (lactones) is 1. The SMILES string of the molecule is O=C(O)c1cccc(-c2cnc[nH]2)c1.O=C1O[C@@H](Cc2ccccc2)CN1c1ccc(O)cc1. The van der Waals surface area contributed by atoms with Crippen molar-refractivity contribution in [3.63, 3.8) is 0 Å². The fraction of sp³-hybridized carbons (Fsp3) is 0.115. The van der Waals surface area contributed by atoms with Gasteiger partial charge in [0, 0.05) is 17.7 Å². The van der Waals surface area contributed by atoms with E-state index < -0.39 is 5.97 Å². The minimum atomic E-state index is -0.925. The number of H-pyrrole nitrogens is 1. The van der Waals surface area contributed by atoms with Gasteiger partial charge in [0.2, 0.25) is 0 Å². The van der Waals surface area contributed by atoms with Gasteiger partial charge >= 0.3 is 12.1 Å². The van der Waals surface area contributed by atoms with Crippen molar-refractivity contribution in [1.82, 2.24) is 9.97 Å². The van der Waals surface area contributed by atoms with Crippen LogP contribution in [0.15, 0.2) is 91.4 Å². The van der Waals surface area contributed by atoms with E-state index in [-0.39, 0.29) is 23.5 Å². The highest BCUT2D eigenvalue weighted by Gasteiger charge is 2.32. The van der Waals surface area contributed by atoms with E-state index in [1.807, 2.05) is 36.4 Å². The van der Waals surface area contributed by atoms with Gasteiger partial charge in [0.25, 0.3) is 0 Å². The number of rotatable bonds is 5. The van der Waals surface area contributed by atoms with E-state index in [0.29, 0.717) is 13.0 Å². The van der Waals surface area contributed by atoms with Crippen molar-refractivity contribution in [3.05, 3.63) is 103 Å². The first-order chi connectivity index (χ1) is 16.5. The fourth-order valence-corrected chi connectivity index (χ4v) is 3.58. The number of aromatic amines is 1. The highest BCUT2D eigenvalue weighted by atomic mass is 16.6. The van der Waals surface area contributed by atoms with Gasteiger partial charge in [-0.05, 0) is 42.0 Å². The number of aromatic hydroxyl groups is 1. The van der Waals surface area contributed by atoms with Gasteiger partial charge < -0.3 is 19.9 Å². The molecule has 4 aromatic rings. The summed E-state index contributed by atoms with van der Waals surface area (Å²) in [5.41, 5.74) is 3.80. The standard InChI is InChI=1S/C16H15NO3.C10H8N2O2/c18-14-8-6-13(7-9-14)17-11-15(20-16(17)19)10-12-4-2-1-3-5-12;13-10(14)8-3-1-2-7(4-8)9-5-11-6-12-9/h1-9,15,18H,10-11H2;1-6H,(H,11,12)(H,13,14)/t15-;/m0./s1. The molecule has 1 saturated heterocycles. The zero-order chi connectivity index (χ0) is 23.9. The minimum Gasteiger partial charge on any atom is -0.508 e. The maximum absolute atomic E-state index is 11.9. The number of aromatic nitrogens is 2. The summed E-state index contributed by atoms with van der Waals surface area (Å²) in [6.07, 6.45) is 3.44. The third-order valence-corrected chi connectivity index (χ3v) is 5.26. The van der Waals surface area contributed by atoms with E-state index in [1.165, 1.54) is 0 Å². The van der Waals surface area contributed by atoms with Crippen molar-refractivity contribution < 1.29 is 24.5 Å². The van der Waals surface area contributed by atoms with Crippen LogP contribution in [0.3, 0.4) is 0 Å². The molecular weight excluding hydrogens is 434 g/mol. The van der Waals surface area contributed by atoms with Crippen molar-refractivity contribution in [2.45, 2.75) is 12.5 Å². The number of carbonyl (C=O) groups is 2. The van der Waals surface area contributed by atoms with E-state index in [1.54, 1.807) is 59.9 Å². The first-order valence-electron chi connectivity index (χ1n) is 10.6. The Balaban J connectivity index is 0.000000172. The van der Waals surface area contributed by atoms with Crippen molar-refractivity contribution in [3.8, 4) is 17.0 Å². The smallest absolute Gasteiger partial charge is 0.414 e. The molecule has 0 radical (unpaired) electrons. The van der Waals surface area contributed by atoms with Gasteiger partial charge in [-0.15, -0.1) is 0 Å². The number of carbonyl (C=O) groups excluding carboxylic acids is 1. The maximum Gasteiger partial charge on any atom is 0.414 e. The number of aromatic carboxylic acids is 1. The van der Waals surface area contributed by atoms with Crippen LogP contribution in [0.2, 0.25) is 0 Å². The first kappa shape index (κ1) is 22.6. The third kappa shape index (κ3) is 5.60. The predicted octanol–water partition coefficient (Wildman–Crippen LogP) is 4.74. The molecule has 1 aromatic heterocycles. The molecular formula is C26H23N3O5. The van der Waals surface area contributed by atoms with Crippen LogP contribution in [0.5, 0.6) is 5.75 Å². The summed E-state index contributed by atoms with van der Waals surface area (Å²) in [5.74, 6) is -0.742. The normalized spacial score (nSPS) is 14.8. The molecule has 172 valence electrons. The molecule has 8 nitrogen and oxygen atoms in total. The molecule has 3 aromatic carbocycles. The summed E-state index contributed by atoms with van der Waals surface area (Å²) in [4.78, 5) is 31.0. The monoisotopic (exact) mass is 457 g/mol. The number of nitrogens with one attached hydrogen (secondary N) is 1.